The fourth-order valence-corrected chi connectivity index (χ4v) is 3.60. The summed E-state index contributed by atoms with van der Waals surface area (Å²) in [6, 6.07) is 15.0. The minimum atomic E-state index is -0.721. The second-order valence-electron chi connectivity index (χ2n) is 7.42. The van der Waals surface area contributed by atoms with Crippen LogP contribution in [0.3, 0.4) is 0 Å². The number of rotatable bonds is 5. The maximum absolute atomic E-state index is 12.9. The molecule has 9 nitrogen and oxygen atoms in total. The summed E-state index contributed by atoms with van der Waals surface area (Å²) in [6.07, 6.45) is 1.49. The Morgan fingerprint density at radius 3 is 2.39 bits per heavy atom. The van der Waals surface area contributed by atoms with Crippen LogP contribution in [0.2, 0.25) is 5.02 Å². The van der Waals surface area contributed by atoms with Gasteiger partial charge in [-0.25, -0.2) is 14.4 Å². The van der Waals surface area contributed by atoms with Crippen molar-refractivity contribution in [2.45, 2.75) is 6.92 Å². The third-order valence-corrected chi connectivity index (χ3v) is 5.52. The van der Waals surface area contributed by atoms with Gasteiger partial charge in [-0.2, -0.15) is 0 Å². The SMILES string of the molecule is Cc1c(NC(=O)CN2C(=O)N/C(=C\c3ccc(Cl)cc3)C2=O)c(=O)n(-c2ccccc2)n1C. The lowest BCUT2D eigenvalue weighted by Crippen LogP contribution is -2.38. The van der Waals surface area contributed by atoms with E-state index in [-0.39, 0.29) is 11.4 Å². The first-order valence-electron chi connectivity index (χ1n) is 10.00. The zero-order chi connectivity index (χ0) is 23.7. The molecule has 0 saturated carbocycles. The number of nitrogens with one attached hydrogen (secondary N) is 2. The van der Waals surface area contributed by atoms with E-state index in [2.05, 4.69) is 10.6 Å². The molecule has 2 heterocycles. The van der Waals surface area contributed by atoms with Crippen LogP contribution in [0.15, 0.2) is 65.1 Å². The Morgan fingerprint density at radius 2 is 1.73 bits per heavy atom. The molecule has 33 heavy (non-hydrogen) atoms. The number of urea groups is 1. The lowest BCUT2D eigenvalue weighted by Gasteiger charge is -2.11. The van der Waals surface area contributed by atoms with Crippen molar-refractivity contribution < 1.29 is 14.4 Å². The highest BCUT2D eigenvalue weighted by Crippen LogP contribution is 2.17. The molecule has 0 bridgehead atoms. The number of anilines is 1. The molecule has 2 N–H and O–H groups in total. The molecule has 1 aliphatic rings. The molecule has 4 rings (SSSR count). The number of imide groups is 1. The number of para-hydroxylation sites is 1. The van der Waals surface area contributed by atoms with Crippen molar-refractivity contribution in [2.75, 3.05) is 11.9 Å². The molecule has 1 fully saturated rings. The van der Waals surface area contributed by atoms with Gasteiger partial charge >= 0.3 is 6.03 Å². The van der Waals surface area contributed by atoms with Gasteiger partial charge in [0.2, 0.25) is 5.91 Å². The Morgan fingerprint density at radius 1 is 1.06 bits per heavy atom. The van der Waals surface area contributed by atoms with Crippen LogP contribution in [-0.4, -0.2) is 38.7 Å². The molecule has 0 spiro atoms. The second kappa shape index (κ2) is 8.79. The van der Waals surface area contributed by atoms with Crippen molar-refractivity contribution in [3.63, 3.8) is 0 Å². The van der Waals surface area contributed by atoms with Crippen molar-refractivity contribution in [2.24, 2.45) is 7.05 Å². The van der Waals surface area contributed by atoms with Crippen LogP contribution < -0.4 is 16.2 Å². The van der Waals surface area contributed by atoms with Crippen molar-refractivity contribution in [1.82, 2.24) is 19.6 Å². The van der Waals surface area contributed by atoms with Crippen LogP contribution in [0.5, 0.6) is 0 Å². The van der Waals surface area contributed by atoms with Gasteiger partial charge in [0.05, 0.1) is 11.4 Å². The highest BCUT2D eigenvalue weighted by Gasteiger charge is 2.35. The van der Waals surface area contributed by atoms with Crippen LogP contribution in [0, 0.1) is 6.92 Å². The number of aromatic nitrogens is 2. The zero-order valence-electron chi connectivity index (χ0n) is 17.8. The van der Waals surface area contributed by atoms with Gasteiger partial charge in [-0.05, 0) is 42.8 Å². The third-order valence-electron chi connectivity index (χ3n) is 5.26. The topological polar surface area (TPSA) is 105 Å². The maximum atomic E-state index is 12.9. The summed E-state index contributed by atoms with van der Waals surface area (Å²) in [4.78, 5) is 51.3. The summed E-state index contributed by atoms with van der Waals surface area (Å²) < 4.78 is 3.04. The van der Waals surface area contributed by atoms with Crippen LogP contribution in [0.4, 0.5) is 10.5 Å². The molecule has 0 radical (unpaired) electrons. The van der Waals surface area contributed by atoms with E-state index in [1.165, 1.54) is 10.8 Å². The van der Waals surface area contributed by atoms with Crippen LogP contribution in [-0.2, 0) is 16.6 Å². The molecule has 1 aliphatic heterocycles. The Labute approximate surface area is 193 Å². The Balaban J connectivity index is 1.52. The average Bonchev–Trinajstić information content (AvgIpc) is 3.17. The second-order valence-corrected chi connectivity index (χ2v) is 7.85. The molecule has 1 saturated heterocycles. The fraction of sp³-hybridized carbons (Fsp3) is 0.130. The van der Waals surface area contributed by atoms with Crippen LogP contribution >= 0.6 is 11.6 Å². The van der Waals surface area contributed by atoms with E-state index < -0.39 is 29.9 Å². The van der Waals surface area contributed by atoms with Gasteiger partial charge in [-0.1, -0.05) is 41.9 Å². The number of benzene rings is 2. The predicted octanol–water partition coefficient (Wildman–Crippen LogP) is 2.67. The summed E-state index contributed by atoms with van der Waals surface area (Å²) in [5.41, 5.74) is 1.52. The fourth-order valence-electron chi connectivity index (χ4n) is 3.48. The first-order chi connectivity index (χ1) is 15.8. The summed E-state index contributed by atoms with van der Waals surface area (Å²) in [7, 11) is 1.70. The standard InChI is InChI=1S/C23H20ClN5O4/c1-14-20(22(32)29(27(14)2)17-6-4-3-5-7-17)26-19(30)13-28-21(31)18(25-23(28)33)12-15-8-10-16(24)11-9-15/h3-12H,13H2,1-2H3,(H,25,33)(H,26,30)/b18-12-. The molecule has 4 amide bonds. The van der Waals surface area contributed by atoms with Gasteiger partial charge < -0.3 is 10.6 Å². The van der Waals surface area contributed by atoms with Crippen molar-refractivity contribution >= 4 is 41.2 Å². The van der Waals surface area contributed by atoms with Gasteiger partial charge in [0.1, 0.15) is 17.9 Å². The van der Waals surface area contributed by atoms with E-state index in [0.29, 0.717) is 22.0 Å². The van der Waals surface area contributed by atoms with Crippen LogP contribution in [0.25, 0.3) is 11.8 Å². The molecule has 2 aromatic carbocycles. The molecular formula is C23H20ClN5O4. The Kier molecular flexibility index (Phi) is 5.89. The number of halogens is 1. The minimum Gasteiger partial charge on any atom is -0.318 e. The summed E-state index contributed by atoms with van der Waals surface area (Å²) >= 11 is 5.86. The summed E-state index contributed by atoms with van der Waals surface area (Å²) in [5.74, 6) is -1.31. The predicted molar refractivity (Wildman–Crippen MR) is 124 cm³/mol. The quantitative estimate of drug-likeness (QED) is 0.446. The number of hydrogen-bond acceptors (Lipinski definition) is 4. The minimum absolute atomic E-state index is 0.0393. The zero-order valence-corrected chi connectivity index (χ0v) is 18.6. The first-order valence-corrected chi connectivity index (χ1v) is 10.4. The summed E-state index contributed by atoms with van der Waals surface area (Å²) in [6.45, 7) is 1.15. The first kappa shape index (κ1) is 22.1. The molecular weight excluding hydrogens is 446 g/mol. The Hall–Kier alpha value is -4.11. The van der Waals surface area contributed by atoms with E-state index >= 15 is 0 Å². The lowest BCUT2D eigenvalue weighted by molar-refractivity contribution is -0.127. The van der Waals surface area contributed by atoms with E-state index in [1.807, 2.05) is 6.07 Å². The molecule has 0 unspecified atom stereocenters. The van der Waals surface area contributed by atoms with E-state index in [0.717, 1.165) is 4.90 Å². The lowest BCUT2D eigenvalue weighted by atomic mass is 10.2. The van der Waals surface area contributed by atoms with E-state index in [4.69, 9.17) is 11.6 Å². The average molecular weight is 466 g/mol. The molecule has 3 aromatic rings. The number of carbonyl (C=O) groups excluding carboxylic acids is 3. The van der Waals surface area contributed by atoms with Gasteiger partial charge in [-0.15, -0.1) is 0 Å². The summed E-state index contributed by atoms with van der Waals surface area (Å²) in [5, 5.41) is 5.55. The van der Waals surface area contributed by atoms with Gasteiger partial charge in [0.15, 0.2) is 0 Å². The normalized spacial score (nSPS) is 14.6. The van der Waals surface area contributed by atoms with Gasteiger partial charge in [0, 0.05) is 12.1 Å². The van der Waals surface area contributed by atoms with Crippen molar-refractivity contribution in [3.05, 3.63) is 86.9 Å². The van der Waals surface area contributed by atoms with Crippen molar-refractivity contribution in [3.8, 4) is 5.69 Å². The molecule has 0 atom stereocenters. The Bertz CT molecular complexity index is 1340. The smallest absolute Gasteiger partial charge is 0.318 e. The van der Waals surface area contributed by atoms with Gasteiger partial charge in [0.25, 0.3) is 11.5 Å². The largest absolute Gasteiger partial charge is 0.329 e. The molecule has 0 aliphatic carbocycles. The maximum Gasteiger partial charge on any atom is 0.329 e. The van der Waals surface area contributed by atoms with E-state index in [1.54, 1.807) is 67.2 Å². The number of hydrogen-bond donors (Lipinski definition) is 2. The van der Waals surface area contributed by atoms with Crippen molar-refractivity contribution in [1.29, 1.82) is 0 Å². The number of amides is 4. The molecule has 1 aromatic heterocycles. The molecule has 10 heteroatoms. The number of carbonyl (C=O) groups is 3. The molecule has 168 valence electrons. The van der Waals surface area contributed by atoms with Gasteiger partial charge in [-0.3, -0.25) is 19.1 Å². The highest BCUT2D eigenvalue weighted by atomic mass is 35.5. The number of nitrogens with zero attached hydrogens (tertiary/aromatic N) is 3. The van der Waals surface area contributed by atoms with Crippen LogP contribution in [0.1, 0.15) is 11.3 Å². The van der Waals surface area contributed by atoms with E-state index in [9.17, 15) is 19.2 Å². The highest BCUT2D eigenvalue weighted by molar-refractivity contribution is 6.30. The monoisotopic (exact) mass is 465 g/mol. The third kappa shape index (κ3) is 4.31.